The third-order valence-corrected chi connectivity index (χ3v) is 2.53. The fourth-order valence-corrected chi connectivity index (χ4v) is 1.29. The lowest BCUT2D eigenvalue weighted by Crippen LogP contribution is -2.33. The first-order chi connectivity index (χ1) is 5.58. The Morgan fingerprint density at radius 1 is 1.67 bits per heavy atom. The van der Waals surface area contributed by atoms with Crippen molar-refractivity contribution in [3.63, 3.8) is 0 Å². The zero-order valence-corrected chi connectivity index (χ0v) is 7.62. The molecule has 0 radical (unpaired) electrons. The zero-order chi connectivity index (χ0) is 9.19. The predicted octanol–water partition coefficient (Wildman–Crippen LogP) is 1.25. The highest BCUT2D eigenvalue weighted by Gasteiger charge is 2.29. The Bertz CT molecular complexity index is 218. The minimum atomic E-state index is -0.655. The van der Waals surface area contributed by atoms with E-state index in [-0.39, 0.29) is 12.0 Å². The summed E-state index contributed by atoms with van der Waals surface area (Å²) in [6.07, 6.45) is 6.19. The van der Waals surface area contributed by atoms with E-state index in [0.29, 0.717) is 0 Å². The molecule has 12 heavy (non-hydrogen) atoms. The van der Waals surface area contributed by atoms with E-state index >= 15 is 0 Å². The van der Waals surface area contributed by atoms with Crippen LogP contribution in [0.25, 0.3) is 0 Å². The fourth-order valence-electron chi connectivity index (χ4n) is 1.29. The van der Waals surface area contributed by atoms with Gasteiger partial charge in [0.25, 0.3) is 0 Å². The first-order valence-corrected chi connectivity index (χ1v) is 4.23. The van der Waals surface area contributed by atoms with E-state index in [4.69, 9.17) is 5.11 Å². The summed E-state index contributed by atoms with van der Waals surface area (Å²) < 4.78 is 0. The molecule has 2 unspecified atom stereocenters. The largest absolute Gasteiger partial charge is 0.394 e. The van der Waals surface area contributed by atoms with Gasteiger partial charge in [0.1, 0.15) is 0 Å². The molecule has 0 spiro atoms. The van der Waals surface area contributed by atoms with Crippen LogP contribution in [0, 0.1) is 5.41 Å². The van der Waals surface area contributed by atoms with Gasteiger partial charge in [-0.15, -0.1) is 0 Å². The maximum Gasteiger partial charge on any atom is 0.0861 e. The molecule has 1 aliphatic rings. The van der Waals surface area contributed by atoms with E-state index in [1.54, 1.807) is 0 Å². The van der Waals surface area contributed by atoms with Crippen LogP contribution in [0.2, 0.25) is 0 Å². The highest BCUT2D eigenvalue weighted by Crippen LogP contribution is 2.32. The monoisotopic (exact) mass is 168 g/mol. The summed E-state index contributed by atoms with van der Waals surface area (Å²) in [6, 6.07) is 0. The van der Waals surface area contributed by atoms with E-state index in [0.717, 1.165) is 6.42 Å². The minimum Gasteiger partial charge on any atom is -0.394 e. The van der Waals surface area contributed by atoms with Crippen LogP contribution in [0.4, 0.5) is 0 Å². The van der Waals surface area contributed by atoms with Crippen LogP contribution in [0.15, 0.2) is 23.8 Å². The Labute approximate surface area is 73.2 Å². The summed E-state index contributed by atoms with van der Waals surface area (Å²) >= 11 is 0. The van der Waals surface area contributed by atoms with Crippen LogP contribution in [-0.2, 0) is 0 Å². The Morgan fingerprint density at radius 3 is 2.75 bits per heavy atom. The molecule has 0 aromatic heterocycles. The van der Waals surface area contributed by atoms with Crippen LogP contribution in [-0.4, -0.2) is 22.9 Å². The molecule has 2 heteroatoms. The molecule has 0 amide bonds. The molecule has 0 aliphatic heterocycles. The van der Waals surface area contributed by atoms with Gasteiger partial charge in [-0.25, -0.2) is 0 Å². The molecule has 0 heterocycles. The van der Waals surface area contributed by atoms with Gasteiger partial charge in [0.2, 0.25) is 0 Å². The third kappa shape index (κ3) is 1.76. The van der Waals surface area contributed by atoms with Crippen molar-refractivity contribution in [1.82, 2.24) is 0 Å². The van der Waals surface area contributed by atoms with E-state index in [2.05, 4.69) is 6.08 Å². The Morgan fingerprint density at radius 2 is 2.33 bits per heavy atom. The van der Waals surface area contributed by atoms with Crippen molar-refractivity contribution in [3.8, 4) is 0 Å². The molecular weight excluding hydrogens is 152 g/mol. The van der Waals surface area contributed by atoms with Crippen LogP contribution in [0.3, 0.4) is 0 Å². The van der Waals surface area contributed by atoms with Gasteiger partial charge >= 0.3 is 0 Å². The molecule has 2 atom stereocenters. The second kappa shape index (κ2) is 3.42. The van der Waals surface area contributed by atoms with Crippen molar-refractivity contribution in [2.75, 3.05) is 6.61 Å². The number of rotatable bonds is 2. The maximum absolute atomic E-state index is 9.50. The van der Waals surface area contributed by atoms with Gasteiger partial charge in [0, 0.05) is 5.41 Å². The lowest BCUT2D eigenvalue weighted by Gasteiger charge is -2.31. The number of hydrogen-bond donors (Lipinski definition) is 2. The SMILES string of the molecule is CC1=CCC(C)(C(O)CO)C=C1. The summed E-state index contributed by atoms with van der Waals surface area (Å²) in [5.41, 5.74) is 0.937. The third-order valence-electron chi connectivity index (χ3n) is 2.53. The molecule has 68 valence electrons. The van der Waals surface area contributed by atoms with E-state index in [9.17, 15) is 5.11 Å². The second-order valence-corrected chi connectivity index (χ2v) is 3.69. The average Bonchev–Trinajstić information content (AvgIpc) is 2.09. The van der Waals surface area contributed by atoms with E-state index in [1.807, 2.05) is 26.0 Å². The van der Waals surface area contributed by atoms with Crippen LogP contribution in [0.5, 0.6) is 0 Å². The molecule has 0 bridgehead atoms. The summed E-state index contributed by atoms with van der Waals surface area (Å²) in [5.74, 6) is 0. The highest BCUT2D eigenvalue weighted by atomic mass is 16.3. The Kier molecular flexibility index (Phi) is 2.70. The molecule has 0 saturated heterocycles. The quantitative estimate of drug-likeness (QED) is 0.651. The molecule has 2 N–H and O–H groups in total. The topological polar surface area (TPSA) is 40.5 Å². The van der Waals surface area contributed by atoms with Gasteiger partial charge in [-0.2, -0.15) is 0 Å². The summed E-state index contributed by atoms with van der Waals surface area (Å²) in [6.45, 7) is 3.81. The number of hydrogen-bond acceptors (Lipinski definition) is 2. The second-order valence-electron chi connectivity index (χ2n) is 3.69. The van der Waals surface area contributed by atoms with Gasteiger partial charge in [-0.3, -0.25) is 0 Å². The van der Waals surface area contributed by atoms with E-state index < -0.39 is 6.10 Å². The summed E-state index contributed by atoms with van der Waals surface area (Å²) in [7, 11) is 0. The number of allylic oxidation sites excluding steroid dienone is 3. The Balaban J connectivity index is 2.71. The van der Waals surface area contributed by atoms with Gasteiger partial charge in [-0.1, -0.05) is 30.7 Å². The number of aliphatic hydroxyl groups is 2. The van der Waals surface area contributed by atoms with E-state index in [1.165, 1.54) is 5.57 Å². The molecule has 1 aliphatic carbocycles. The van der Waals surface area contributed by atoms with Gasteiger partial charge < -0.3 is 10.2 Å². The maximum atomic E-state index is 9.50. The van der Waals surface area contributed by atoms with Crippen molar-refractivity contribution in [1.29, 1.82) is 0 Å². The predicted molar refractivity (Wildman–Crippen MR) is 48.7 cm³/mol. The zero-order valence-electron chi connectivity index (χ0n) is 7.62. The van der Waals surface area contributed by atoms with Crippen LogP contribution in [0.1, 0.15) is 20.3 Å². The van der Waals surface area contributed by atoms with Crippen molar-refractivity contribution in [3.05, 3.63) is 23.8 Å². The molecule has 2 nitrogen and oxygen atoms in total. The standard InChI is InChI=1S/C10H16O2/c1-8-3-5-10(2,6-4-8)9(12)7-11/h3-5,9,11-12H,6-7H2,1-2H3. The Hall–Kier alpha value is -0.600. The molecule has 0 saturated carbocycles. The molecule has 0 fully saturated rings. The number of aliphatic hydroxyl groups excluding tert-OH is 2. The molecular formula is C10H16O2. The fraction of sp³-hybridized carbons (Fsp3) is 0.600. The van der Waals surface area contributed by atoms with Gasteiger partial charge in [0.15, 0.2) is 0 Å². The molecule has 0 aromatic carbocycles. The summed E-state index contributed by atoms with van der Waals surface area (Å²) in [5, 5.41) is 18.3. The lowest BCUT2D eigenvalue weighted by molar-refractivity contribution is 0.0194. The van der Waals surface area contributed by atoms with Gasteiger partial charge in [-0.05, 0) is 13.3 Å². The lowest BCUT2D eigenvalue weighted by atomic mass is 9.77. The molecule has 0 aromatic rings. The first kappa shape index (κ1) is 9.49. The highest BCUT2D eigenvalue weighted by molar-refractivity contribution is 5.25. The van der Waals surface area contributed by atoms with Gasteiger partial charge in [0.05, 0.1) is 12.7 Å². The minimum absolute atomic E-state index is 0.173. The van der Waals surface area contributed by atoms with Crippen molar-refractivity contribution >= 4 is 0 Å². The van der Waals surface area contributed by atoms with Crippen LogP contribution < -0.4 is 0 Å². The normalized spacial score (nSPS) is 31.5. The van der Waals surface area contributed by atoms with Crippen molar-refractivity contribution in [2.24, 2.45) is 5.41 Å². The van der Waals surface area contributed by atoms with Crippen molar-refractivity contribution < 1.29 is 10.2 Å². The summed E-state index contributed by atoms with van der Waals surface area (Å²) in [4.78, 5) is 0. The van der Waals surface area contributed by atoms with Crippen LogP contribution >= 0.6 is 0 Å². The van der Waals surface area contributed by atoms with Crippen molar-refractivity contribution in [2.45, 2.75) is 26.4 Å². The average molecular weight is 168 g/mol. The first-order valence-electron chi connectivity index (χ1n) is 4.23. The smallest absolute Gasteiger partial charge is 0.0861 e. The molecule has 1 rings (SSSR count).